The fourth-order valence-electron chi connectivity index (χ4n) is 1.23. The van der Waals surface area contributed by atoms with Gasteiger partial charge in [-0.25, -0.2) is 4.68 Å². The second-order valence-electron chi connectivity index (χ2n) is 3.16. The zero-order valence-electron chi connectivity index (χ0n) is 8.55. The Kier molecular flexibility index (Phi) is 3.41. The Labute approximate surface area is 92.2 Å². The van der Waals surface area contributed by atoms with E-state index in [9.17, 15) is 0 Å². The van der Waals surface area contributed by atoms with Crippen molar-refractivity contribution < 1.29 is 0 Å². The largest absolute Gasteiger partial charge is 0.311 e. The lowest BCUT2D eigenvalue weighted by Gasteiger charge is -1.95. The summed E-state index contributed by atoms with van der Waals surface area (Å²) >= 11 is 1.63. The van der Waals surface area contributed by atoms with E-state index in [2.05, 4.69) is 27.5 Å². The molecule has 0 saturated carbocycles. The van der Waals surface area contributed by atoms with Gasteiger partial charge >= 0.3 is 0 Å². The Morgan fingerprint density at radius 1 is 1.53 bits per heavy atom. The monoisotopic (exact) mass is 223 g/mol. The predicted octanol–water partition coefficient (Wildman–Crippen LogP) is 0.892. The Bertz CT molecular complexity index is 394. The van der Waals surface area contributed by atoms with Crippen LogP contribution in [0.25, 0.3) is 0 Å². The molecule has 0 fully saturated rings. The van der Waals surface area contributed by atoms with Crippen LogP contribution in [0.4, 0.5) is 0 Å². The van der Waals surface area contributed by atoms with Gasteiger partial charge in [0.25, 0.3) is 0 Å². The van der Waals surface area contributed by atoms with Crippen molar-refractivity contribution in [1.29, 1.82) is 0 Å². The first-order valence-electron chi connectivity index (χ1n) is 4.85. The molecule has 2 aromatic rings. The maximum atomic E-state index is 4.07. The van der Waals surface area contributed by atoms with E-state index >= 15 is 0 Å². The van der Waals surface area contributed by atoms with E-state index in [1.807, 2.05) is 22.6 Å². The van der Waals surface area contributed by atoms with Gasteiger partial charge in [0.2, 0.25) is 0 Å². The van der Waals surface area contributed by atoms with Crippen molar-refractivity contribution in [3.63, 3.8) is 0 Å². The van der Waals surface area contributed by atoms with Crippen LogP contribution >= 0.6 is 11.3 Å². The molecule has 2 heterocycles. The molecule has 2 rings (SSSR count). The van der Waals surface area contributed by atoms with Crippen molar-refractivity contribution in [2.24, 2.45) is 0 Å². The molecule has 0 aliphatic heterocycles. The van der Waals surface area contributed by atoms with Crippen LogP contribution in [0.3, 0.4) is 0 Å². The van der Waals surface area contributed by atoms with E-state index in [-0.39, 0.29) is 0 Å². The molecular formula is C9H13N5S. The minimum absolute atomic E-state index is 0.754. The van der Waals surface area contributed by atoms with E-state index in [4.69, 9.17) is 0 Å². The van der Waals surface area contributed by atoms with Crippen LogP contribution < -0.4 is 5.32 Å². The predicted molar refractivity (Wildman–Crippen MR) is 58.6 cm³/mol. The van der Waals surface area contributed by atoms with Crippen LogP contribution in [0.2, 0.25) is 0 Å². The summed E-state index contributed by atoms with van der Waals surface area (Å²) in [6.07, 6.45) is 3.82. The number of nitrogens with one attached hydrogen (secondary N) is 1. The first-order chi connectivity index (χ1) is 7.38. The minimum atomic E-state index is 0.754. The second-order valence-corrected chi connectivity index (χ2v) is 4.13. The highest BCUT2D eigenvalue weighted by Gasteiger charge is 2.01. The number of aromatic nitrogens is 4. The summed E-state index contributed by atoms with van der Waals surface area (Å²) in [6.45, 7) is 4.55. The van der Waals surface area contributed by atoms with Gasteiger partial charge in [0.05, 0.1) is 23.9 Å². The zero-order valence-corrected chi connectivity index (χ0v) is 9.37. The summed E-state index contributed by atoms with van der Waals surface area (Å²) < 4.78 is 1.83. The molecule has 6 heteroatoms. The number of thiazole rings is 1. The van der Waals surface area contributed by atoms with Crippen LogP contribution in [-0.4, -0.2) is 26.5 Å². The lowest BCUT2D eigenvalue weighted by molar-refractivity contribution is 0.653. The van der Waals surface area contributed by atoms with E-state index in [1.54, 1.807) is 11.3 Å². The third kappa shape index (κ3) is 2.84. The molecule has 5 nitrogen and oxygen atoms in total. The number of hydrogen-bond acceptors (Lipinski definition) is 5. The van der Waals surface area contributed by atoms with Gasteiger partial charge in [-0.05, 0) is 6.54 Å². The SMILES string of the molecule is CCNCc1cn(Cc2cncs2)nn1. The maximum absolute atomic E-state index is 4.07. The summed E-state index contributed by atoms with van der Waals surface area (Å²) in [4.78, 5) is 5.21. The van der Waals surface area contributed by atoms with Gasteiger partial charge in [0.15, 0.2) is 0 Å². The van der Waals surface area contributed by atoms with Crippen LogP contribution in [-0.2, 0) is 13.1 Å². The van der Waals surface area contributed by atoms with Gasteiger partial charge in [-0.15, -0.1) is 16.4 Å². The quantitative estimate of drug-likeness (QED) is 0.818. The summed E-state index contributed by atoms with van der Waals surface area (Å²) in [5.74, 6) is 0. The third-order valence-corrected chi connectivity index (χ3v) is 2.71. The molecule has 0 aliphatic carbocycles. The highest BCUT2D eigenvalue weighted by molar-refractivity contribution is 7.09. The Balaban J connectivity index is 1.95. The smallest absolute Gasteiger partial charge is 0.0964 e. The van der Waals surface area contributed by atoms with E-state index in [0.29, 0.717) is 0 Å². The average molecular weight is 223 g/mol. The Morgan fingerprint density at radius 2 is 2.47 bits per heavy atom. The van der Waals surface area contributed by atoms with Crippen molar-refractivity contribution in [2.75, 3.05) is 6.54 Å². The lowest BCUT2D eigenvalue weighted by atomic mass is 10.4. The fourth-order valence-corrected chi connectivity index (χ4v) is 1.82. The Hall–Kier alpha value is -1.27. The zero-order chi connectivity index (χ0) is 10.5. The van der Waals surface area contributed by atoms with Crippen LogP contribution in [0, 0.1) is 0 Å². The van der Waals surface area contributed by atoms with Gasteiger partial charge in [-0.1, -0.05) is 12.1 Å². The second kappa shape index (κ2) is 4.99. The highest BCUT2D eigenvalue weighted by Crippen LogP contribution is 2.07. The summed E-state index contributed by atoms with van der Waals surface area (Å²) in [5.41, 5.74) is 2.80. The van der Waals surface area contributed by atoms with Gasteiger partial charge in [-0.3, -0.25) is 4.98 Å². The maximum Gasteiger partial charge on any atom is 0.0964 e. The van der Waals surface area contributed by atoms with E-state index in [1.165, 1.54) is 4.88 Å². The molecular weight excluding hydrogens is 210 g/mol. The highest BCUT2D eigenvalue weighted by atomic mass is 32.1. The molecule has 0 saturated heterocycles. The normalized spacial score (nSPS) is 10.7. The van der Waals surface area contributed by atoms with Gasteiger partial charge in [0.1, 0.15) is 0 Å². The number of hydrogen-bond donors (Lipinski definition) is 1. The fraction of sp³-hybridized carbons (Fsp3) is 0.444. The third-order valence-electron chi connectivity index (χ3n) is 1.94. The van der Waals surface area contributed by atoms with Crippen LogP contribution in [0.15, 0.2) is 17.9 Å². The molecule has 0 spiro atoms. The molecule has 15 heavy (non-hydrogen) atoms. The summed E-state index contributed by atoms with van der Waals surface area (Å²) in [7, 11) is 0. The van der Waals surface area contributed by atoms with Crippen molar-refractivity contribution in [3.8, 4) is 0 Å². The molecule has 0 bridgehead atoms. The van der Waals surface area contributed by atoms with Gasteiger partial charge in [0, 0.05) is 17.6 Å². The molecule has 0 atom stereocenters. The average Bonchev–Trinajstić information content (AvgIpc) is 2.87. The topological polar surface area (TPSA) is 55.6 Å². The number of nitrogens with zero attached hydrogens (tertiary/aromatic N) is 4. The first kappa shape index (κ1) is 10.3. The molecule has 0 aromatic carbocycles. The van der Waals surface area contributed by atoms with E-state index < -0.39 is 0 Å². The Morgan fingerprint density at radius 3 is 3.20 bits per heavy atom. The minimum Gasteiger partial charge on any atom is -0.311 e. The van der Waals surface area contributed by atoms with Crippen molar-refractivity contribution >= 4 is 11.3 Å². The van der Waals surface area contributed by atoms with Crippen molar-refractivity contribution in [3.05, 3.63) is 28.5 Å². The summed E-state index contributed by atoms with van der Waals surface area (Å²) in [5, 5.41) is 11.3. The number of rotatable bonds is 5. The molecule has 0 unspecified atom stereocenters. The van der Waals surface area contributed by atoms with Crippen LogP contribution in [0.1, 0.15) is 17.5 Å². The lowest BCUT2D eigenvalue weighted by Crippen LogP contribution is -2.11. The molecule has 0 aliphatic rings. The van der Waals surface area contributed by atoms with Crippen molar-refractivity contribution in [1.82, 2.24) is 25.3 Å². The first-order valence-corrected chi connectivity index (χ1v) is 5.73. The molecule has 0 radical (unpaired) electrons. The van der Waals surface area contributed by atoms with Crippen LogP contribution in [0.5, 0.6) is 0 Å². The van der Waals surface area contributed by atoms with Gasteiger partial charge < -0.3 is 5.32 Å². The van der Waals surface area contributed by atoms with E-state index in [0.717, 1.165) is 25.3 Å². The molecule has 80 valence electrons. The molecule has 0 amide bonds. The van der Waals surface area contributed by atoms with Crippen molar-refractivity contribution in [2.45, 2.75) is 20.0 Å². The summed E-state index contributed by atoms with van der Waals surface area (Å²) in [6, 6.07) is 0. The standard InChI is InChI=1S/C9H13N5S/c1-2-10-3-8-5-14(13-12-8)6-9-4-11-7-15-9/h4-5,7,10H,2-3,6H2,1H3. The molecule has 2 aromatic heterocycles. The van der Waals surface area contributed by atoms with Gasteiger partial charge in [-0.2, -0.15) is 0 Å². The molecule has 1 N–H and O–H groups in total.